The van der Waals surface area contributed by atoms with Gasteiger partial charge in [0.15, 0.2) is 0 Å². The fourth-order valence-corrected chi connectivity index (χ4v) is 3.69. The summed E-state index contributed by atoms with van der Waals surface area (Å²) in [4.78, 5) is 52.7. The number of hydrogen-bond acceptors (Lipinski definition) is 10. The fourth-order valence-electron chi connectivity index (χ4n) is 2.01. The summed E-state index contributed by atoms with van der Waals surface area (Å²) in [5.74, 6) is 0. The largest absolute Gasteiger partial charge is 0.470 e. The van der Waals surface area contributed by atoms with Gasteiger partial charge in [0.2, 0.25) is 0 Å². The molecule has 1 saturated carbocycles. The SMILES string of the molecule is N.O=P(O)(O)OC1[C@@H](OP(=O)(O)O)[C@H](O)C(O)[C@@H](O)[C@H]1OP(=O)(O)O. The van der Waals surface area contributed by atoms with E-state index in [1.807, 2.05) is 0 Å². The van der Waals surface area contributed by atoms with Gasteiger partial charge in [-0.25, -0.2) is 13.7 Å². The Labute approximate surface area is 139 Å². The van der Waals surface area contributed by atoms with Gasteiger partial charge < -0.3 is 50.8 Å². The molecule has 25 heavy (non-hydrogen) atoms. The first-order valence-electron chi connectivity index (χ1n) is 5.78. The highest BCUT2D eigenvalue weighted by molar-refractivity contribution is 7.47. The standard InChI is InChI=1S/C6H15O15P3.H3N/c7-1-2(8)4(19-22(10,11)12)6(21-24(16,17)18)5(3(1)9)20-23(13,14)15;/h1-9H,(H2,10,11,12)(H2,13,14,15)(H2,16,17,18);1H3/t1?,2-,3-,4-,5+,6?;/m1./s1. The summed E-state index contributed by atoms with van der Waals surface area (Å²) >= 11 is 0. The molecule has 0 saturated heterocycles. The second kappa shape index (κ2) is 8.46. The summed E-state index contributed by atoms with van der Waals surface area (Å²) in [5, 5.41) is 29.0. The molecular weight excluding hydrogens is 419 g/mol. The molecule has 0 bridgehead atoms. The Balaban J connectivity index is 0.00000576. The highest BCUT2D eigenvalue weighted by Gasteiger charge is 2.56. The molecule has 0 spiro atoms. The van der Waals surface area contributed by atoms with Crippen molar-refractivity contribution in [3.05, 3.63) is 0 Å². The van der Waals surface area contributed by atoms with Crippen molar-refractivity contribution in [1.82, 2.24) is 6.15 Å². The van der Waals surface area contributed by atoms with E-state index < -0.39 is 60.1 Å². The first-order valence-corrected chi connectivity index (χ1v) is 10.4. The molecule has 16 nitrogen and oxygen atoms in total. The zero-order valence-corrected chi connectivity index (χ0v) is 14.7. The van der Waals surface area contributed by atoms with Crippen LogP contribution in [-0.2, 0) is 27.3 Å². The van der Waals surface area contributed by atoms with Gasteiger partial charge in [-0.2, -0.15) is 0 Å². The van der Waals surface area contributed by atoms with E-state index in [0.717, 1.165) is 0 Å². The molecule has 0 heterocycles. The van der Waals surface area contributed by atoms with Gasteiger partial charge in [-0.3, -0.25) is 13.6 Å². The van der Waals surface area contributed by atoms with Gasteiger partial charge in [-0.05, 0) is 0 Å². The molecule has 19 heteroatoms. The minimum absolute atomic E-state index is 0. The van der Waals surface area contributed by atoms with E-state index in [4.69, 9.17) is 29.4 Å². The Morgan fingerprint density at radius 2 is 0.760 bits per heavy atom. The summed E-state index contributed by atoms with van der Waals surface area (Å²) < 4.78 is 45.0. The first-order chi connectivity index (χ1) is 10.5. The number of rotatable bonds is 6. The van der Waals surface area contributed by atoms with Gasteiger partial charge in [-0.1, -0.05) is 0 Å². The highest BCUT2D eigenvalue weighted by Crippen LogP contribution is 2.50. The molecule has 2 unspecified atom stereocenters. The van der Waals surface area contributed by atoms with Crippen molar-refractivity contribution >= 4 is 23.5 Å². The number of hydrogen-bond donors (Lipinski definition) is 10. The van der Waals surface area contributed by atoms with Gasteiger partial charge in [0.1, 0.15) is 36.6 Å². The molecule has 0 aliphatic heterocycles. The molecule has 1 fully saturated rings. The normalized spacial score (nSPS) is 34.4. The van der Waals surface area contributed by atoms with E-state index in [2.05, 4.69) is 13.6 Å². The maximum Gasteiger partial charge on any atom is 0.470 e. The Hall–Kier alpha value is 0.170. The molecular formula is C6H18NO15P3. The number of aliphatic hydroxyl groups is 3. The second-order valence-corrected chi connectivity index (χ2v) is 8.23. The summed E-state index contributed by atoms with van der Waals surface area (Å²) in [7, 11) is -16.3. The van der Waals surface area contributed by atoms with Crippen LogP contribution < -0.4 is 6.15 Å². The quantitative estimate of drug-likeness (QED) is 0.182. The zero-order chi connectivity index (χ0) is 19.1. The summed E-state index contributed by atoms with van der Waals surface area (Å²) in [5.41, 5.74) is 0. The molecule has 0 amide bonds. The zero-order valence-electron chi connectivity index (χ0n) is 12.0. The van der Waals surface area contributed by atoms with Crippen LogP contribution in [0.1, 0.15) is 0 Å². The van der Waals surface area contributed by atoms with Crippen molar-refractivity contribution in [2.45, 2.75) is 36.6 Å². The minimum Gasteiger partial charge on any atom is -0.387 e. The van der Waals surface area contributed by atoms with Gasteiger partial charge >= 0.3 is 23.5 Å². The van der Waals surface area contributed by atoms with Crippen LogP contribution in [0.2, 0.25) is 0 Å². The van der Waals surface area contributed by atoms with Crippen LogP contribution in [0.25, 0.3) is 0 Å². The van der Waals surface area contributed by atoms with Gasteiger partial charge in [0.25, 0.3) is 0 Å². The molecule has 1 aliphatic carbocycles. The first kappa shape index (κ1) is 25.2. The third-order valence-electron chi connectivity index (χ3n) is 2.80. The molecule has 1 rings (SSSR count). The lowest BCUT2D eigenvalue weighted by atomic mass is 9.85. The van der Waals surface area contributed by atoms with E-state index in [0.29, 0.717) is 0 Å². The predicted octanol–water partition coefficient (Wildman–Crippen LogP) is -3.32. The molecule has 12 N–H and O–H groups in total. The lowest BCUT2D eigenvalue weighted by molar-refractivity contribution is -0.212. The Morgan fingerprint density at radius 3 is 1.00 bits per heavy atom. The average Bonchev–Trinajstić information content (AvgIpc) is 2.32. The molecule has 0 aromatic rings. The second-order valence-electron chi connectivity index (χ2n) is 4.65. The monoisotopic (exact) mass is 437 g/mol. The maximum atomic E-state index is 11.0. The van der Waals surface area contributed by atoms with Crippen molar-refractivity contribution in [1.29, 1.82) is 0 Å². The van der Waals surface area contributed by atoms with E-state index in [-0.39, 0.29) is 6.15 Å². The highest BCUT2D eigenvalue weighted by atomic mass is 31.2. The molecule has 6 atom stereocenters. The lowest BCUT2D eigenvalue weighted by Crippen LogP contribution is -2.65. The fraction of sp³-hybridized carbons (Fsp3) is 1.00. The van der Waals surface area contributed by atoms with Crippen LogP contribution in [-0.4, -0.2) is 81.3 Å². The van der Waals surface area contributed by atoms with Crippen LogP contribution in [0, 0.1) is 0 Å². The summed E-state index contributed by atoms with van der Waals surface area (Å²) in [6, 6.07) is 0. The van der Waals surface area contributed by atoms with Crippen molar-refractivity contribution < 1.29 is 71.9 Å². The van der Waals surface area contributed by atoms with Crippen LogP contribution in [0.3, 0.4) is 0 Å². The third kappa shape index (κ3) is 7.74. The number of phosphoric ester groups is 3. The van der Waals surface area contributed by atoms with Crippen molar-refractivity contribution in [2.75, 3.05) is 0 Å². The topological polar surface area (TPSA) is 296 Å². The van der Waals surface area contributed by atoms with E-state index in [1.54, 1.807) is 0 Å². The number of phosphoric acid groups is 3. The van der Waals surface area contributed by atoms with Gasteiger partial charge in [0.05, 0.1) is 0 Å². The Bertz CT molecular complexity index is 542. The van der Waals surface area contributed by atoms with Crippen molar-refractivity contribution in [2.24, 2.45) is 0 Å². The Kier molecular flexibility index (Phi) is 8.51. The molecule has 0 aromatic carbocycles. The van der Waals surface area contributed by atoms with Gasteiger partial charge in [0, 0.05) is 0 Å². The third-order valence-corrected chi connectivity index (χ3v) is 4.35. The average molecular weight is 437 g/mol. The molecule has 0 aromatic heterocycles. The molecule has 152 valence electrons. The van der Waals surface area contributed by atoms with Crippen molar-refractivity contribution in [3.8, 4) is 0 Å². The predicted molar refractivity (Wildman–Crippen MR) is 73.8 cm³/mol. The van der Waals surface area contributed by atoms with E-state index in [9.17, 15) is 29.0 Å². The smallest absolute Gasteiger partial charge is 0.387 e. The van der Waals surface area contributed by atoms with Gasteiger partial charge in [-0.15, -0.1) is 0 Å². The van der Waals surface area contributed by atoms with E-state index >= 15 is 0 Å². The summed E-state index contributed by atoms with van der Waals surface area (Å²) in [6.07, 6.45) is -14.3. The lowest BCUT2D eigenvalue weighted by Gasteiger charge is -2.44. The molecule has 0 radical (unpaired) electrons. The van der Waals surface area contributed by atoms with Crippen LogP contribution in [0.15, 0.2) is 0 Å². The van der Waals surface area contributed by atoms with E-state index in [1.165, 1.54) is 0 Å². The van der Waals surface area contributed by atoms with Crippen LogP contribution in [0.5, 0.6) is 0 Å². The van der Waals surface area contributed by atoms with Crippen LogP contribution >= 0.6 is 23.5 Å². The number of aliphatic hydroxyl groups excluding tert-OH is 3. The van der Waals surface area contributed by atoms with Crippen LogP contribution in [0.4, 0.5) is 0 Å². The van der Waals surface area contributed by atoms with Crippen molar-refractivity contribution in [3.63, 3.8) is 0 Å². The minimum atomic E-state index is -5.48. The summed E-state index contributed by atoms with van der Waals surface area (Å²) in [6.45, 7) is 0. The Morgan fingerprint density at radius 1 is 0.520 bits per heavy atom. The molecule has 1 aliphatic rings. The maximum absolute atomic E-state index is 11.0.